The van der Waals surface area contributed by atoms with Gasteiger partial charge in [-0.3, -0.25) is 14.7 Å². The van der Waals surface area contributed by atoms with Crippen LogP contribution in [0, 0.1) is 0 Å². The highest BCUT2D eigenvalue weighted by Gasteiger charge is 2.19. The van der Waals surface area contributed by atoms with Crippen molar-refractivity contribution in [1.29, 1.82) is 0 Å². The standard InChI is InChI=1S/C25H23N7O4/c1-14-12-36-19-7-6-16(9-18(19)29-14)11-26-25(34)23-21-22(27-13-28-23)24(32-31-21)30-20(33)10-15-4-3-5-17(8-15)35-2/h3-9,13,29H,1,10-12H2,2H3,(H,26,34)(H2,30,31,32,33). The van der Waals surface area contributed by atoms with Crippen molar-refractivity contribution in [2.24, 2.45) is 0 Å². The van der Waals surface area contributed by atoms with Gasteiger partial charge in [-0.15, -0.1) is 0 Å². The molecule has 1 aliphatic heterocycles. The molecule has 4 N–H and O–H groups in total. The number of hydrogen-bond acceptors (Lipinski definition) is 8. The van der Waals surface area contributed by atoms with Crippen molar-refractivity contribution in [3.8, 4) is 11.5 Å². The molecular formula is C25H23N7O4. The Bertz CT molecular complexity index is 1480. The van der Waals surface area contributed by atoms with Crippen molar-refractivity contribution < 1.29 is 19.1 Å². The van der Waals surface area contributed by atoms with Gasteiger partial charge >= 0.3 is 0 Å². The number of ether oxygens (including phenoxy) is 2. The van der Waals surface area contributed by atoms with Crippen LogP contribution < -0.4 is 25.4 Å². The van der Waals surface area contributed by atoms with Gasteiger partial charge in [0.25, 0.3) is 5.91 Å². The number of H-pyrrole nitrogens is 1. The average molecular weight is 486 g/mol. The number of aromatic amines is 1. The minimum absolute atomic E-state index is 0.119. The Balaban J connectivity index is 1.27. The Kier molecular flexibility index (Phi) is 6.18. The zero-order valence-electron chi connectivity index (χ0n) is 19.4. The van der Waals surface area contributed by atoms with Gasteiger partial charge in [-0.05, 0) is 35.4 Å². The summed E-state index contributed by atoms with van der Waals surface area (Å²) in [5.41, 5.74) is 3.99. The van der Waals surface area contributed by atoms with Crippen LogP contribution in [-0.4, -0.2) is 45.7 Å². The summed E-state index contributed by atoms with van der Waals surface area (Å²) in [5, 5.41) is 15.7. The molecule has 182 valence electrons. The molecule has 1 aliphatic rings. The third-order valence-corrected chi connectivity index (χ3v) is 5.53. The molecule has 0 radical (unpaired) electrons. The number of carbonyl (C=O) groups is 2. The summed E-state index contributed by atoms with van der Waals surface area (Å²) in [4.78, 5) is 33.8. The zero-order valence-corrected chi connectivity index (χ0v) is 19.4. The highest BCUT2D eigenvalue weighted by molar-refractivity contribution is 6.06. The lowest BCUT2D eigenvalue weighted by Crippen LogP contribution is -2.24. The molecule has 0 bridgehead atoms. The number of nitrogens with zero attached hydrogens (tertiary/aromatic N) is 3. The lowest BCUT2D eigenvalue weighted by molar-refractivity contribution is -0.115. The molecule has 5 rings (SSSR count). The predicted octanol–water partition coefficient (Wildman–Crippen LogP) is 2.79. The van der Waals surface area contributed by atoms with E-state index >= 15 is 0 Å². The lowest BCUT2D eigenvalue weighted by Gasteiger charge is -2.21. The second-order valence-corrected chi connectivity index (χ2v) is 8.12. The number of fused-ring (bicyclic) bond motifs is 2. The van der Waals surface area contributed by atoms with E-state index in [-0.39, 0.29) is 30.4 Å². The third-order valence-electron chi connectivity index (χ3n) is 5.53. The van der Waals surface area contributed by atoms with Gasteiger partial charge in [-0.1, -0.05) is 24.8 Å². The molecule has 0 spiro atoms. The maximum atomic E-state index is 12.9. The third kappa shape index (κ3) is 4.80. The Morgan fingerprint density at radius 2 is 2.06 bits per heavy atom. The molecule has 0 unspecified atom stereocenters. The van der Waals surface area contributed by atoms with Crippen molar-refractivity contribution in [3.05, 3.63) is 77.9 Å². The number of nitrogens with one attached hydrogen (secondary N) is 4. The number of amides is 2. The van der Waals surface area contributed by atoms with E-state index in [9.17, 15) is 9.59 Å². The summed E-state index contributed by atoms with van der Waals surface area (Å²) in [7, 11) is 1.57. The van der Waals surface area contributed by atoms with Gasteiger partial charge in [0.1, 0.15) is 35.5 Å². The fourth-order valence-corrected chi connectivity index (χ4v) is 3.81. The van der Waals surface area contributed by atoms with Crippen molar-refractivity contribution in [2.45, 2.75) is 13.0 Å². The number of hydrogen-bond donors (Lipinski definition) is 4. The Labute approximate surface area is 205 Å². The van der Waals surface area contributed by atoms with Crippen molar-refractivity contribution in [3.63, 3.8) is 0 Å². The maximum Gasteiger partial charge on any atom is 0.272 e. The van der Waals surface area contributed by atoms with E-state index in [0.717, 1.165) is 28.3 Å². The lowest BCUT2D eigenvalue weighted by atomic mass is 10.1. The number of methoxy groups -OCH3 is 1. The van der Waals surface area contributed by atoms with E-state index in [0.29, 0.717) is 23.4 Å². The summed E-state index contributed by atoms with van der Waals surface area (Å²) >= 11 is 0. The topological polar surface area (TPSA) is 143 Å². The van der Waals surface area contributed by atoms with Gasteiger partial charge in [0.15, 0.2) is 11.5 Å². The molecule has 4 aromatic rings. The van der Waals surface area contributed by atoms with Crippen molar-refractivity contribution in [1.82, 2.24) is 25.5 Å². The van der Waals surface area contributed by atoms with Gasteiger partial charge in [-0.2, -0.15) is 5.10 Å². The van der Waals surface area contributed by atoms with E-state index in [2.05, 4.69) is 42.7 Å². The molecule has 11 heteroatoms. The molecule has 0 aliphatic carbocycles. The summed E-state index contributed by atoms with van der Waals surface area (Å²) in [6.07, 6.45) is 1.38. The molecule has 11 nitrogen and oxygen atoms in total. The monoisotopic (exact) mass is 485 g/mol. The van der Waals surface area contributed by atoms with Crippen molar-refractivity contribution >= 4 is 34.4 Å². The summed E-state index contributed by atoms with van der Waals surface area (Å²) < 4.78 is 10.8. The van der Waals surface area contributed by atoms with Crippen LogP contribution in [0.1, 0.15) is 21.6 Å². The maximum absolute atomic E-state index is 12.9. The largest absolute Gasteiger partial charge is 0.497 e. The average Bonchev–Trinajstić information content (AvgIpc) is 3.29. The zero-order chi connectivity index (χ0) is 25.1. The number of carbonyl (C=O) groups excluding carboxylic acids is 2. The Morgan fingerprint density at radius 3 is 2.92 bits per heavy atom. The normalized spacial score (nSPS) is 12.3. The van der Waals surface area contributed by atoms with Gasteiger partial charge in [0.2, 0.25) is 5.91 Å². The van der Waals surface area contributed by atoms with Gasteiger partial charge in [0, 0.05) is 12.2 Å². The molecule has 0 atom stereocenters. The number of anilines is 2. The molecule has 0 fully saturated rings. The van der Waals surface area contributed by atoms with Gasteiger partial charge in [0.05, 0.1) is 19.2 Å². The first-order valence-electron chi connectivity index (χ1n) is 11.1. The first kappa shape index (κ1) is 22.8. The first-order valence-corrected chi connectivity index (χ1v) is 11.1. The highest BCUT2D eigenvalue weighted by atomic mass is 16.5. The van der Waals surface area contributed by atoms with Gasteiger partial charge in [-0.25, -0.2) is 9.97 Å². The second kappa shape index (κ2) is 9.74. The molecule has 2 aromatic carbocycles. The number of rotatable bonds is 7. The predicted molar refractivity (Wildman–Crippen MR) is 133 cm³/mol. The highest BCUT2D eigenvalue weighted by Crippen LogP contribution is 2.30. The minimum atomic E-state index is -0.411. The fourth-order valence-electron chi connectivity index (χ4n) is 3.81. The molecule has 36 heavy (non-hydrogen) atoms. The molecule has 0 saturated heterocycles. The molecule has 3 heterocycles. The summed E-state index contributed by atoms with van der Waals surface area (Å²) in [6, 6.07) is 12.8. The quantitative estimate of drug-likeness (QED) is 0.313. The van der Waals surface area contributed by atoms with Crippen LogP contribution in [0.15, 0.2) is 61.1 Å². The van der Waals surface area contributed by atoms with E-state index in [1.54, 1.807) is 19.2 Å². The fraction of sp³-hybridized carbons (Fsp3) is 0.160. The molecular weight excluding hydrogens is 462 g/mol. The summed E-state index contributed by atoms with van der Waals surface area (Å²) in [6.45, 7) is 4.56. The van der Waals surface area contributed by atoms with Crippen LogP contribution in [0.25, 0.3) is 11.0 Å². The summed E-state index contributed by atoms with van der Waals surface area (Å²) in [5.74, 6) is 0.920. The van der Waals surface area contributed by atoms with Gasteiger partial charge < -0.3 is 25.4 Å². The van der Waals surface area contributed by atoms with Crippen LogP contribution in [0.5, 0.6) is 11.5 Å². The Hall–Kier alpha value is -4.93. The van der Waals surface area contributed by atoms with Crippen molar-refractivity contribution in [2.75, 3.05) is 24.4 Å². The van der Waals surface area contributed by atoms with E-state index in [4.69, 9.17) is 9.47 Å². The van der Waals surface area contributed by atoms with E-state index in [1.165, 1.54) is 6.33 Å². The van der Waals surface area contributed by atoms with Crippen LogP contribution in [0.3, 0.4) is 0 Å². The van der Waals surface area contributed by atoms with Crippen LogP contribution in [0.4, 0.5) is 11.5 Å². The Morgan fingerprint density at radius 1 is 1.17 bits per heavy atom. The number of benzene rings is 2. The molecule has 2 aromatic heterocycles. The second-order valence-electron chi connectivity index (χ2n) is 8.12. The molecule has 2 amide bonds. The number of aromatic nitrogens is 4. The first-order chi connectivity index (χ1) is 17.5. The van der Waals surface area contributed by atoms with E-state index in [1.807, 2.05) is 30.3 Å². The van der Waals surface area contributed by atoms with Crippen LogP contribution >= 0.6 is 0 Å². The SMILES string of the molecule is C=C1COc2ccc(CNC(=O)c3ncnc4c(NC(=O)Cc5cccc(OC)c5)n[nH]c34)cc2N1. The minimum Gasteiger partial charge on any atom is -0.497 e. The molecule has 0 saturated carbocycles. The van der Waals surface area contributed by atoms with Crippen LogP contribution in [-0.2, 0) is 17.8 Å². The smallest absolute Gasteiger partial charge is 0.272 e. The van der Waals surface area contributed by atoms with E-state index < -0.39 is 5.91 Å². The van der Waals surface area contributed by atoms with Crippen LogP contribution in [0.2, 0.25) is 0 Å².